The second kappa shape index (κ2) is 3.69. The normalized spacial score (nSPS) is 28.8. The van der Waals surface area contributed by atoms with Crippen LogP contribution in [0.15, 0.2) is 23.1 Å². The molecule has 0 nitrogen and oxygen atoms in total. The highest BCUT2D eigenvalue weighted by atomic mass is 32.2. The van der Waals surface area contributed by atoms with Gasteiger partial charge in [-0.05, 0) is 30.9 Å². The van der Waals surface area contributed by atoms with E-state index in [1.54, 1.807) is 0 Å². The summed E-state index contributed by atoms with van der Waals surface area (Å²) in [5.41, 5.74) is 0. The molecule has 0 aromatic heterocycles. The van der Waals surface area contributed by atoms with E-state index < -0.39 is 0 Å². The van der Waals surface area contributed by atoms with Gasteiger partial charge in [0.1, 0.15) is 0 Å². The minimum absolute atomic E-state index is 0.855. The molecule has 0 bridgehead atoms. The van der Waals surface area contributed by atoms with Gasteiger partial charge in [-0.15, -0.1) is 11.8 Å². The van der Waals surface area contributed by atoms with E-state index in [2.05, 4.69) is 24.5 Å². The predicted molar refractivity (Wildman–Crippen MR) is 56.2 cm³/mol. The Hall–Kier alpha value is -0.170. The lowest BCUT2D eigenvalue weighted by Crippen LogP contribution is -1.99. The summed E-state index contributed by atoms with van der Waals surface area (Å²) in [6.45, 7) is 0. The van der Waals surface area contributed by atoms with E-state index in [4.69, 9.17) is 0 Å². The molecule has 1 unspecified atom stereocenters. The zero-order valence-corrected chi connectivity index (χ0v) is 8.44. The van der Waals surface area contributed by atoms with Crippen molar-refractivity contribution >= 4 is 11.8 Å². The first-order valence-electron chi connectivity index (χ1n) is 4.81. The SMILES string of the molecule is CSC1=CCC(CC2CC2)C=C1. The monoisotopic (exact) mass is 180 g/mol. The van der Waals surface area contributed by atoms with Crippen LogP contribution in [0.4, 0.5) is 0 Å². The molecule has 12 heavy (non-hydrogen) atoms. The second-order valence-electron chi connectivity index (χ2n) is 3.84. The fourth-order valence-corrected chi connectivity index (χ4v) is 2.23. The molecular weight excluding hydrogens is 164 g/mol. The molecule has 0 aliphatic heterocycles. The summed E-state index contributed by atoms with van der Waals surface area (Å²) in [6, 6.07) is 0. The minimum Gasteiger partial charge on any atom is -0.130 e. The number of hydrogen-bond donors (Lipinski definition) is 0. The molecule has 1 fully saturated rings. The summed E-state index contributed by atoms with van der Waals surface area (Å²) in [5, 5.41) is 0. The van der Waals surface area contributed by atoms with Crippen LogP contribution in [0.5, 0.6) is 0 Å². The molecule has 2 rings (SSSR count). The van der Waals surface area contributed by atoms with Crippen molar-refractivity contribution in [3.63, 3.8) is 0 Å². The van der Waals surface area contributed by atoms with E-state index in [1.807, 2.05) is 11.8 Å². The van der Waals surface area contributed by atoms with Crippen molar-refractivity contribution in [3.8, 4) is 0 Å². The van der Waals surface area contributed by atoms with Crippen molar-refractivity contribution < 1.29 is 0 Å². The molecule has 0 radical (unpaired) electrons. The highest BCUT2D eigenvalue weighted by molar-refractivity contribution is 8.02. The molecule has 0 saturated heterocycles. The van der Waals surface area contributed by atoms with Gasteiger partial charge in [0.05, 0.1) is 0 Å². The van der Waals surface area contributed by atoms with Crippen LogP contribution in [0, 0.1) is 11.8 Å². The van der Waals surface area contributed by atoms with Gasteiger partial charge < -0.3 is 0 Å². The summed E-state index contributed by atoms with van der Waals surface area (Å²) in [6.07, 6.45) is 14.9. The maximum Gasteiger partial charge on any atom is 0.00263 e. The predicted octanol–water partition coefficient (Wildman–Crippen LogP) is 3.61. The van der Waals surface area contributed by atoms with Gasteiger partial charge in [0, 0.05) is 4.91 Å². The fraction of sp³-hybridized carbons (Fsp3) is 0.636. The molecule has 1 atom stereocenters. The van der Waals surface area contributed by atoms with Crippen molar-refractivity contribution in [3.05, 3.63) is 23.1 Å². The number of thioether (sulfide) groups is 1. The van der Waals surface area contributed by atoms with E-state index in [-0.39, 0.29) is 0 Å². The van der Waals surface area contributed by atoms with Crippen molar-refractivity contribution in [2.75, 3.05) is 6.26 Å². The van der Waals surface area contributed by atoms with Crippen molar-refractivity contribution in [1.29, 1.82) is 0 Å². The maximum absolute atomic E-state index is 2.41. The Morgan fingerprint density at radius 3 is 2.83 bits per heavy atom. The summed E-state index contributed by atoms with van der Waals surface area (Å²) < 4.78 is 0. The standard InChI is InChI=1S/C11H16S/c1-12-11-6-4-10(5-7-11)8-9-2-3-9/h4,6-7,9-10H,2-3,5,8H2,1H3. The lowest BCUT2D eigenvalue weighted by atomic mass is 9.95. The van der Waals surface area contributed by atoms with Gasteiger partial charge in [0.2, 0.25) is 0 Å². The second-order valence-corrected chi connectivity index (χ2v) is 4.72. The molecule has 0 aromatic carbocycles. The van der Waals surface area contributed by atoms with Crippen LogP contribution in [0.3, 0.4) is 0 Å². The van der Waals surface area contributed by atoms with Crippen molar-refractivity contribution in [2.45, 2.75) is 25.7 Å². The molecule has 0 amide bonds. The Labute approximate surface area is 79.1 Å². The lowest BCUT2D eigenvalue weighted by Gasteiger charge is -2.14. The summed E-state index contributed by atoms with van der Waals surface area (Å²) in [4.78, 5) is 1.45. The molecule has 2 aliphatic rings. The van der Waals surface area contributed by atoms with Crippen molar-refractivity contribution in [2.24, 2.45) is 11.8 Å². The van der Waals surface area contributed by atoms with Gasteiger partial charge in [0.15, 0.2) is 0 Å². The molecule has 66 valence electrons. The number of hydrogen-bond acceptors (Lipinski definition) is 1. The molecule has 1 saturated carbocycles. The lowest BCUT2D eigenvalue weighted by molar-refractivity contribution is 0.548. The summed E-state index contributed by atoms with van der Waals surface area (Å²) in [7, 11) is 0. The third-order valence-electron chi connectivity index (χ3n) is 2.72. The van der Waals surface area contributed by atoms with E-state index in [9.17, 15) is 0 Å². The van der Waals surface area contributed by atoms with Crippen LogP contribution in [-0.2, 0) is 0 Å². The molecule has 0 spiro atoms. The van der Waals surface area contributed by atoms with Gasteiger partial charge in [-0.25, -0.2) is 0 Å². The average molecular weight is 180 g/mol. The van der Waals surface area contributed by atoms with Crippen molar-refractivity contribution in [1.82, 2.24) is 0 Å². The Bertz CT molecular complexity index is 211. The third-order valence-corrected chi connectivity index (χ3v) is 3.50. The smallest absolute Gasteiger partial charge is 0.00263 e. The molecular formula is C11H16S. The van der Waals surface area contributed by atoms with Crippen LogP contribution in [-0.4, -0.2) is 6.26 Å². The largest absolute Gasteiger partial charge is 0.130 e. The quantitative estimate of drug-likeness (QED) is 0.639. The van der Waals surface area contributed by atoms with Gasteiger partial charge in [-0.2, -0.15) is 0 Å². The summed E-state index contributed by atoms with van der Waals surface area (Å²) in [5.74, 6) is 1.93. The Morgan fingerprint density at radius 1 is 1.50 bits per heavy atom. The van der Waals surface area contributed by atoms with Crippen LogP contribution in [0.2, 0.25) is 0 Å². The Kier molecular flexibility index (Phi) is 2.60. The number of rotatable bonds is 3. The van der Waals surface area contributed by atoms with Crippen LogP contribution < -0.4 is 0 Å². The zero-order chi connectivity index (χ0) is 8.39. The van der Waals surface area contributed by atoms with Gasteiger partial charge in [-0.1, -0.05) is 31.1 Å². The van der Waals surface area contributed by atoms with E-state index in [0.29, 0.717) is 0 Å². The minimum atomic E-state index is 0.855. The van der Waals surface area contributed by atoms with Gasteiger partial charge >= 0.3 is 0 Å². The first-order chi connectivity index (χ1) is 5.88. The fourth-order valence-electron chi connectivity index (χ4n) is 1.75. The van der Waals surface area contributed by atoms with Crippen LogP contribution >= 0.6 is 11.8 Å². The highest BCUT2D eigenvalue weighted by Gasteiger charge is 2.24. The first kappa shape index (κ1) is 8.43. The zero-order valence-electron chi connectivity index (χ0n) is 7.62. The number of allylic oxidation sites excluding steroid dienone is 3. The third kappa shape index (κ3) is 2.16. The molecule has 0 heterocycles. The molecule has 0 aromatic rings. The van der Waals surface area contributed by atoms with Gasteiger partial charge in [0.25, 0.3) is 0 Å². The first-order valence-corrected chi connectivity index (χ1v) is 6.03. The van der Waals surface area contributed by atoms with Crippen LogP contribution in [0.25, 0.3) is 0 Å². The van der Waals surface area contributed by atoms with Gasteiger partial charge in [-0.3, -0.25) is 0 Å². The maximum atomic E-state index is 2.41. The molecule has 1 heteroatoms. The average Bonchev–Trinajstić information content (AvgIpc) is 2.90. The van der Waals surface area contributed by atoms with Crippen LogP contribution in [0.1, 0.15) is 25.7 Å². The van der Waals surface area contributed by atoms with E-state index >= 15 is 0 Å². The van der Waals surface area contributed by atoms with E-state index in [0.717, 1.165) is 11.8 Å². The Balaban J connectivity index is 1.82. The highest BCUT2D eigenvalue weighted by Crippen LogP contribution is 2.38. The van der Waals surface area contributed by atoms with E-state index in [1.165, 1.54) is 30.6 Å². The Morgan fingerprint density at radius 2 is 2.33 bits per heavy atom. The summed E-state index contributed by atoms with van der Waals surface area (Å²) >= 11 is 1.86. The molecule has 2 aliphatic carbocycles. The molecule has 0 N–H and O–H groups in total. The topological polar surface area (TPSA) is 0 Å².